The molecule has 0 unspecified atom stereocenters. The van der Waals surface area contributed by atoms with Gasteiger partial charge in [0.25, 0.3) is 5.91 Å². The fourth-order valence-electron chi connectivity index (χ4n) is 3.43. The summed E-state index contributed by atoms with van der Waals surface area (Å²) in [4.78, 5) is 28.5. The summed E-state index contributed by atoms with van der Waals surface area (Å²) in [6.07, 6.45) is 2.18. The molecule has 1 fully saturated rings. The van der Waals surface area contributed by atoms with Gasteiger partial charge in [-0.05, 0) is 56.5 Å². The van der Waals surface area contributed by atoms with Crippen LogP contribution in [0.5, 0.6) is 5.75 Å². The zero-order valence-electron chi connectivity index (χ0n) is 16.5. The fraction of sp³-hybridized carbons (Fsp3) is 0.333. The van der Waals surface area contributed by atoms with Crippen molar-refractivity contribution >= 4 is 28.6 Å². The third kappa shape index (κ3) is 3.78. The molecular weight excluding hydrogens is 372 g/mol. The van der Waals surface area contributed by atoms with Crippen LogP contribution >= 0.6 is 0 Å². The van der Waals surface area contributed by atoms with Gasteiger partial charge in [0.1, 0.15) is 5.75 Å². The van der Waals surface area contributed by atoms with E-state index in [1.165, 1.54) is 0 Å². The van der Waals surface area contributed by atoms with Gasteiger partial charge in [-0.15, -0.1) is 0 Å². The second-order valence-electron chi connectivity index (χ2n) is 7.39. The number of carboxylic acids is 1. The molecule has 29 heavy (non-hydrogen) atoms. The SMILES string of the molecule is Cc1cc(OCC(=O)O)ccc1NC(=O)c1cc(C2CC2)nc2c1c(C)nn2C. The van der Waals surface area contributed by atoms with Crippen molar-refractivity contribution in [2.24, 2.45) is 7.05 Å². The molecule has 1 aromatic carbocycles. The Morgan fingerprint density at radius 2 is 2.03 bits per heavy atom. The van der Waals surface area contributed by atoms with Crippen LogP contribution in [-0.2, 0) is 11.8 Å². The van der Waals surface area contributed by atoms with Crippen molar-refractivity contribution in [1.29, 1.82) is 0 Å². The zero-order chi connectivity index (χ0) is 20.7. The summed E-state index contributed by atoms with van der Waals surface area (Å²) in [5.41, 5.74) is 4.38. The Kier molecular flexibility index (Phi) is 4.70. The van der Waals surface area contributed by atoms with Crippen molar-refractivity contribution in [2.75, 3.05) is 11.9 Å². The van der Waals surface area contributed by atoms with Gasteiger partial charge in [0.15, 0.2) is 12.3 Å². The van der Waals surface area contributed by atoms with Gasteiger partial charge in [-0.2, -0.15) is 5.10 Å². The molecule has 0 bridgehead atoms. The largest absolute Gasteiger partial charge is 0.482 e. The molecule has 2 N–H and O–H groups in total. The van der Waals surface area contributed by atoms with Crippen molar-refractivity contribution in [3.05, 3.63) is 46.8 Å². The van der Waals surface area contributed by atoms with Crippen molar-refractivity contribution in [2.45, 2.75) is 32.6 Å². The molecule has 1 amide bonds. The lowest BCUT2D eigenvalue weighted by Gasteiger charge is -2.12. The van der Waals surface area contributed by atoms with Crippen LogP contribution in [0.1, 0.15) is 46.1 Å². The molecule has 4 rings (SSSR count). The van der Waals surface area contributed by atoms with E-state index < -0.39 is 12.6 Å². The maximum absolute atomic E-state index is 13.2. The lowest BCUT2D eigenvalue weighted by molar-refractivity contribution is -0.139. The van der Waals surface area contributed by atoms with Crippen molar-refractivity contribution in [3.8, 4) is 5.75 Å². The van der Waals surface area contributed by atoms with E-state index >= 15 is 0 Å². The Hall–Kier alpha value is -3.42. The van der Waals surface area contributed by atoms with Crippen LogP contribution in [0.25, 0.3) is 11.0 Å². The summed E-state index contributed by atoms with van der Waals surface area (Å²) in [6.45, 7) is 3.29. The average molecular weight is 394 g/mol. The summed E-state index contributed by atoms with van der Waals surface area (Å²) in [7, 11) is 1.83. The first-order valence-electron chi connectivity index (χ1n) is 9.44. The number of hydrogen-bond acceptors (Lipinski definition) is 5. The second-order valence-corrected chi connectivity index (χ2v) is 7.39. The minimum absolute atomic E-state index is 0.224. The molecule has 150 valence electrons. The highest BCUT2D eigenvalue weighted by Gasteiger charge is 2.28. The van der Waals surface area contributed by atoms with Gasteiger partial charge in [-0.1, -0.05) is 0 Å². The van der Waals surface area contributed by atoms with Crippen molar-refractivity contribution in [3.63, 3.8) is 0 Å². The number of carbonyl (C=O) groups excluding carboxylic acids is 1. The van der Waals surface area contributed by atoms with Gasteiger partial charge in [0.05, 0.1) is 16.6 Å². The topological polar surface area (TPSA) is 106 Å². The van der Waals surface area contributed by atoms with Gasteiger partial charge in [0, 0.05) is 24.3 Å². The highest BCUT2D eigenvalue weighted by molar-refractivity contribution is 6.13. The van der Waals surface area contributed by atoms with Gasteiger partial charge in [-0.25, -0.2) is 9.78 Å². The molecule has 2 heterocycles. The molecule has 1 aliphatic rings. The third-order valence-corrected chi connectivity index (χ3v) is 5.04. The molecule has 0 atom stereocenters. The normalized spacial score (nSPS) is 13.5. The minimum Gasteiger partial charge on any atom is -0.482 e. The molecule has 0 spiro atoms. The number of rotatable bonds is 6. The van der Waals surface area contributed by atoms with Gasteiger partial charge in [-0.3, -0.25) is 9.48 Å². The molecule has 0 saturated heterocycles. The lowest BCUT2D eigenvalue weighted by Crippen LogP contribution is -2.15. The van der Waals surface area contributed by atoms with Crippen LogP contribution < -0.4 is 10.1 Å². The summed E-state index contributed by atoms with van der Waals surface area (Å²) in [5.74, 6) is -0.417. The van der Waals surface area contributed by atoms with E-state index in [-0.39, 0.29) is 5.91 Å². The first-order chi connectivity index (χ1) is 13.8. The van der Waals surface area contributed by atoms with E-state index in [1.54, 1.807) is 22.9 Å². The minimum atomic E-state index is -1.04. The smallest absolute Gasteiger partial charge is 0.341 e. The van der Waals surface area contributed by atoms with Gasteiger partial charge in [0.2, 0.25) is 0 Å². The first-order valence-corrected chi connectivity index (χ1v) is 9.44. The molecule has 8 heteroatoms. The average Bonchev–Trinajstić information content (AvgIpc) is 3.48. The van der Waals surface area contributed by atoms with Crippen LogP contribution in [0.15, 0.2) is 24.3 Å². The van der Waals surface area contributed by atoms with E-state index in [9.17, 15) is 9.59 Å². The van der Waals surface area contributed by atoms with E-state index in [4.69, 9.17) is 14.8 Å². The summed E-state index contributed by atoms with van der Waals surface area (Å²) >= 11 is 0. The maximum atomic E-state index is 13.2. The molecule has 2 aromatic heterocycles. The number of fused-ring (bicyclic) bond motifs is 1. The number of nitrogens with zero attached hydrogens (tertiary/aromatic N) is 3. The number of pyridine rings is 1. The second kappa shape index (κ2) is 7.20. The standard InChI is InChI=1S/C21H22N4O4/c1-11-8-14(29-10-18(26)27)6-7-16(11)23-21(28)15-9-17(13-4-5-13)22-20-19(15)12(2)24-25(20)3/h6-9,13H,4-5,10H2,1-3H3,(H,23,28)(H,26,27). The Bertz CT molecular complexity index is 1130. The van der Waals surface area contributed by atoms with E-state index in [0.29, 0.717) is 28.6 Å². The highest BCUT2D eigenvalue weighted by Crippen LogP contribution is 2.40. The molecule has 1 saturated carbocycles. The Morgan fingerprint density at radius 1 is 1.28 bits per heavy atom. The van der Waals surface area contributed by atoms with Crippen LogP contribution in [0.3, 0.4) is 0 Å². The quantitative estimate of drug-likeness (QED) is 0.665. The molecule has 3 aromatic rings. The number of benzene rings is 1. The number of hydrogen-bond donors (Lipinski definition) is 2. The van der Waals surface area contributed by atoms with Gasteiger partial charge < -0.3 is 15.2 Å². The Morgan fingerprint density at radius 3 is 2.69 bits per heavy atom. The molecular formula is C21H22N4O4. The summed E-state index contributed by atoms with van der Waals surface area (Å²) < 4.78 is 6.90. The number of anilines is 1. The number of nitrogens with one attached hydrogen (secondary N) is 1. The zero-order valence-corrected chi connectivity index (χ0v) is 16.5. The Labute approximate surface area is 167 Å². The number of aliphatic carboxylic acids is 1. The van der Waals surface area contributed by atoms with Crippen LogP contribution in [-0.4, -0.2) is 38.4 Å². The number of aromatic nitrogens is 3. The van der Waals surface area contributed by atoms with E-state index in [2.05, 4.69) is 10.4 Å². The van der Waals surface area contributed by atoms with E-state index in [1.807, 2.05) is 27.0 Å². The summed E-state index contributed by atoms with van der Waals surface area (Å²) in [5, 5.41) is 16.9. The maximum Gasteiger partial charge on any atom is 0.341 e. The molecule has 8 nitrogen and oxygen atoms in total. The first kappa shape index (κ1) is 18.9. The van der Waals surface area contributed by atoms with E-state index in [0.717, 1.165) is 35.2 Å². The monoisotopic (exact) mass is 394 g/mol. The van der Waals surface area contributed by atoms with Crippen molar-refractivity contribution in [1.82, 2.24) is 14.8 Å². The predicted molar refractivity (Wildman–Crippen MR) is 107 cm³/mol. The number of carbonyl (C=O) groups is 2. The number of ether oxygens (including phenoxy) is 1. The van der Waals surface area contributed by atoms with Gasteiger partial charge >= 0.3 is 5.97 Å². The molecule has 0 aliphatic heterocycles. The fourth-order valence-corrected chi connectivity index (χ4v) is 3.43. The third-order valence-electron chi connectivity index (χ3n) is 5.04. The lowest BCUT2D eigenvalue weighted by atomic mass is 10.1. The Balaban J connectivity index is 1.65. The summed E-state index contributed by atoms with van der Waals surface area (Å²) in [6, 6.07) is 6.93. The highest BCUT2D eigenvalue weighted by atomic mass is 16.5. The van der Waals surface area contributed by atoms with Crippen LogP contribution in [0, 0.1) is 13.8 Å². The van der Waals surface area contributed by atoms with Crippen LogP contribution in [0.4, 0.5) is 5.69 Å². The number of amides is 1. The molecule has 0 radical (unpaired) electrons. The number of aryl methyl sites for hydroxylation is 3. The molecule has 1 aliphatic carbocycles. The van der Waals surface area contributed by atoms with Crippen LogP contribution in [0.2, 0.25) is 0 Å². The van der Waals surface area contributed by atoms with Crippen molar-refractivity contribution < 1.29 is 19.4 Å². The predicted octanol–water partition coefficient (Wildman–Crippen LogP) is 3.18. The number of carboxylic acid groups (broad SMARTS) is 1.